The maximum absolute atomic E-state index is 12.5. The summed E-state index contributed by atoms with van der Waals surface area (Å²) in [5.41, 5.74) is 1.94. The third kappa shape index (κ3) is 5.41. The van der Waals surface area contributed by atoms with E-state index in [4.69, 9.17) is 13.6 Å². The van der Waals surface area contributed by atoms with Crippen LogP contribution in [-0.4, -0.2) is 18.6 Å². The van der Waals surface area contributed by atoms with Crippen molar-refractivity contribution in [2.75, 3.05) is 6.61 Å². The average Bonchev–Trinajstić information content (AvgIpc) is 3.21. The van der Waals surface area contributed by atoms with Crippen molar-refractivity contribution in [3.05, 3.63) is 76.1 Å². The van der Waals surface area contributed by atoms with Gasteiger partial charge in [-0.2, -0.15) is 0 Å². The lowest BCUT2D eigenvalue weighted by Gasteiger charge is -2.14. The summed E-state index contributed by atoms with van der Waals surface area (Å²) in [5.74, 6) is 1.27. The molecule has 158 valence electrons. The molecule has 0 radical (unpaired) electrons. The summed E-state index contributed by atoms with van der Waals surface area (Å²) >= 11 is 0. The predicted molar refractivity (Wildman–Crippen MR) is 116 cm³/mol. The Morgan fingerprint density at radius 1 is 1.30 bits per heavy atom. The maximum atomic E-state index is 12.5. The predicted octanol–water partition coefficient (Wildman–Crippen LogP) is 4.33. The first-order valence-corrected chi connectivity index (χ1v) is 9.98. The van der Waals surface area contributed by atoms with Gasteiger partial charge in [0.15, 0.2) is 0 Å². The first-order valence-electron chi connectivity index (χ1n) is 9.98. The summed E-state index contributed by atoms with van der Waals surface area (Å²) in [4.78, 5) is 25.0. The highest BCUT2D eigenvalue weighted by Gasteiger charge is 2.17. The molecule has 0 aliphatic heterocycles. The van der Waals surface area contributed by atoms with Gasteiger partial charge in [-0.15, -0.1) is 0 Å². The molecule has 1 aromatic carbocycles. The molecule has 3 aromatic rings. The molecule has 2 heterocycles. The molecule has 3 rings (SSSR count). The van der Waals surface area contributed by atoms with E-state index in [1.807, 2.05) is 45.0 Å². The number of aryl methyl sites for hydroxylation is 2. The Hall–Kier alpha value is -3.28. The molecule has 0 saturated heterocycles. The highest BCUT2D eigenvalue weighted by Crippen LogP contribution is 2.24. The first-order chi connectivity index (χ1) is 14.3. The molecular formula is C24H27NO5. The minimum absolute atomic E-state index is 0.0247. The van der Waals surface area contributed by atoms with Crippen LogP contribution in [0.2, 0.25) is 0 Å². The number of hydrogen-bond donors (Lipinski definition) is 1. The van der Waals surface area contributed by atoms with Crippen molar-refractivity contribution in [2.45, 2.75) is 46.1 Å². The lowest BCUT2D eigenvalue weighted by molar-refractivity contribution is -0.121. The molecule has 0 saturated carbocycles. The van der Waals surface area contributed by atoms with Crippen molar-refractivity contribution in [1.82, 2.24) is 5.32 Å². The van der Waals surface area contributed by atoms with Crippen LogP contribution in [0.4, 0.5) is 0 Å². The first kappa shape index (κ1) is 21.4. The summed E-state index contributed by atoms with van der Waals surface area (Å²) in [6, 6.07) is 9.06. The number of ether oxygens (including phenoxy) is 1. The van der Waals surface area contributed by atoms with Crippen LogP contribution in [0, 0.1) is 6.92 Å². The van der Waals surface area contributed by atoms with Crippen LogP contribution in [0.3, 0.4) is 0 Å². The van der Waals surface area contributed by atoms with E-state index in [2.05, 4.69) is 11.9 Å². The van der Waals surface area contributed by atoms with Gasteiger partial charge < -0.3 is 18.9 Å². The number of nitrogens with one attached hydrogen (secondary N) is 1. The molecule has 0 aliphatic rings. The second-order valence-electron chi connectivity index (χ2n) is 7.66. The zero-order valence-electron chi connectivity index (χ0n) is 17.6. The number of carbonyl (C=O) groups is 1. The molecule has 0 aliphatic carbocycles. The highest BCUT2D eigenvalue weighted by atomic mass is 16.5. The Morgan fingerprint density at radius 2 is 2.10 bits per heavy atom. The van der Waals surface area contributed by atoms with Crippen LogP contribution in [0.15, 0.2) is 62.4 Å². The molecule has 0 bridgehead atoms. The SMILES string of the molecule is C=C(C)COc1ccc2c(C)c(CC(=O)N[C@@H](C)CCc3ccco3)c(=O)oc2c1. The Kier molecular flexibility index (Phi) is 6.77. The van der Waals surface area contributed by atoms with Crippen LogP contribution < -0.4 is 15.7 Å². The molecule has 2 aromatic heterocycles. The molecule has 6 nitrogen and oxygen atoms in total. The molecule has 1 amide bonds. The van der Waals surface area contributed by atoms with Crippen molar-refractivity contribution in [3.8, 4) is 5.75 Å². The van der Waals surface area contributed by atoms with Gasteiger partial charge in [-0.05, 0) is 62.6 Å². The van der Waals surface area contributed by atoms with Crippen LogP contribution in [0.25, 0.3) is 11.0 Å². The van der Waals surface area contributed by atoms with Gasteiger partial charge in [0.25, 0.3) is 0 Å². The maximum Gasteiger partial charge on any atom is 0.340 e. The quantitative estimate of drug-likeness (QED) is 0.420. The number of carbonyl (C=O) groups excluding carboxylic acids is 1. The van der Waals surface area contributed by atoms with Gasteiger partial charge in [0, 0.05) is 23.9 Å². The van der Waals surface area contributed by atoms with Crippen LogP contribution in [0.1, 0.15) is 37.2 Å². The van der Waals surface area contributed by atoms with Crippen molar-refractivity contribution >= 4 is 16.9 Å². The molecular weight excluding hydrogens is 382 g/mol. The van der Waals surface area contributed by atoms with Crippen molar-refractivity contribution in [1.29, 1.82) is 0 Å². The minimum atomic E-state index is -0.504. The average molecular weight is 409 g/mol. The highest BCUT2D eigenvalue weighted by molar-refractivity contribution is 5.85. The van der Waals surface area contributed by atoms with E-state index in [0.29, 0.717) is 23.5 Å². The fourth-order valence-electron chi connectivity index (χ4n) is 3.25. The van der Waals surface area contributed by atoms with E-state index in [9.17, 15) is 9.59 Å². The van der Waals surface area contributed by atoms with E-state index in [0.717, 1.165) is 35.1 Å². The molecule has 0 unspecified atom stereocenters. The van der Waals surface area contributed by atoms with Crippen molar-refractivity contribution < 1.29 is 18.4 Å². The van der Waals surface area contributed by atoms with Gasteiger partial charge in [-0.3, -0.25) is 4.79 Å². The lowest BCUT2D eigenvalue weighted by Crippen LogP contribution is -2.35. The topological polar surface area (TPSA) is 81.7 Å². The number of rotatable bonds is 9. The second kappa shape index (κ2) is 9.48. The minimum Gasteiger partial charge on any atom is -0.489 e. The summed E-state index contributed by atoms with van der Waals surface area (Å²) in [7, 11) is 0. The van der Waals surface area contributed by atoms with E-state index >= 15 is 0 Å². The number of furan rings is 1. The summed E-state index contributed by atoms with van der Waals surface area (Å²) in [6.45, 7) is 9.84. The third-order valence-electron chi connectivity index (χ3n) is 4.89. The smallest absolute Gasteiger partial charge is 0.340 e. The largest absolute Gasteiger partial charge is 0.489 e. The molecule has 1 atom stereocenters. The van der Waals surface area contributed by atoms with E-state index in [-0.39, 0.29) is 18.4 Å². The van der Waals surface area contributed by atoms with Gasteiger partial charge >= 0.3 is 5.63 Å². The van der Waals surface area contributed by atoms with Crippen molar-refractivity contribution in [3.63, 3.8) is 0 Å². The summed E-state index contributed by atoms with van der Waals surface area (Å²) in [5, 5.41) is 3.72. The summed E-state index contributed by atoms with van der Waals surface area (Å²) < 4.78 is 16.4. The lowest BCUT2D eigenvalue weighted by atomic mass is 10.0. The molecule has 1 N–H and O–H groups in total. The Labute approximate surface area is 175 Å². The molecule has 0 fully saturated rings. The second-order valence-corrected chi connectivity index (χ2v) is 7.66. The number of benzene rings is 1. The van der Waals surface area contributed by atoms with Gasteiger partial charge in [-0.25, -0.2) is 4.79 Å². The van der Waals surface area contributed by atoms with Crippen LogP contribution in [0.5, 0.6) is 5.75 Å². The monoisotopic (exact) mass is 409 g/mol. The summed E-state index contributed by atoms with van der Waals surface area (Å²) in [6.07, 6.45) is 3.10. The van der Waals surface area contributed by atoms with E-state index < -0.39 is 5.63 Å². The fourth-order valence-corrected chi connectivity index (χ4v) is 3.25. The molecule has 6 heteroatoms. The number of fused-ring (bicyclic) bond motifs is 1. The number of amides is 1. The Morgan fingerprint density at radius 3 is 2.80 bits per heavy atom. The van der Waals surface area contributed by atoms with E-state index in [1.165, 1.54) is 0 Å². The van der Waals surface area contributed by atoms with Gasteiger partial charge in [0.2, 0.25) is 5.91 Å². The standard InChI is InChI=1S/C24H27NO5/c1-15(2)14-29-19-9-10-20-17(4)21(24(27)30-22(20)12-19)13-23(26)25-16(3)7-8-18-6-5-11-28-18/h5-6,9-12,16H,1,7-8,13-14H2,2-4H3,(H,25,26)/t16-/m0/s1. The zero-order chi connectivity index (χ0) is 21.7. The normalized spacial score (nSPS) is 12.0. The van der Waals surface area contributed by atoms with Crippen molar-refractivity contribution in [2.24, 2.45) is 0 Å². The van der Waals surface area contributed by atoms with Gasteiger partial charge in [0.05, 0.1) is 18.2 Å². The van der Waals surface area contributed by atoms with Gasteiger partial charge in [-0.1, -0.05) is 6.58 Å². The van der Waals surface area contributed by atoms with Crippen LogP contribution in [-0.2, 0) is 17.6 Å². The molecule has 0 spiro atoms. The van der Waals surface area contributed by atoms with Gasteiger partial charge in [0.1, 0.15) is 23.7 Å². The number of hydrogen-bond acceptors (Lipinski definition) is 5. The Balaban J connectivity index is 1.69. The van der Waals surface area contributed by atoms with E-state index in [1.54, 1.807) is 12.3 Å². The zero-order valence-corrected chi connectivity index (χ0v) is 17.6. The molecule has 30 heavy (non-hydrogen) atoms. The third-order valence-corrected chi connectivity index (χ3v) is 4.89. The van der Waals surface area contributed by atoms with Crippen LogP contribution >= 0.6 is 0 Å². The Bertz CT molecular complexity index is 1090. The fraction of sp³-hybridized carbons (Fsp3) is 0.333.